The summed E-state index contributed by atoms with van der Waals surface area (Å²) in [5, 5.41) is 7.13. The highest BCUT2D eigenvalue weighted by Gasteiger charge is 2.47. The van der Waals surface area contributed by atoms with Crippen LogP contribution >= 0.6 is 0 Å². The van der Waals surface area contributed by atoms with Gasteiger partial charge in [0.15, 0.2) is 23.2 Å². The van der Waals surface area contributed by atoms with E-state index in [0.29, 0.717) is 30.2 Å². The minimum Gasteiger partial charge on any atom is -0.454 e. The van der Waals surface area contributed by atoms with Crippen molar-refractivity contribution in [3.63, 3.8) is 0 Å². The molecule has 29 heavy (non-hydrogen) atoms. The van der Waals surface area contributed by atoms with E-state index in [1.807, 2.05) is 0 Å². The molecule has 0 spiro atoms. The van der Waals surface area contributed by atoms with Gasteiger partial charge in [-0.05, 0) is 30.5 Å². The van der Waals surface area contributed by atoms with Gasteiger partial charge >= 0.3 is 6.18 Å². The van der Waals surface area contributed by atoms with Crippen molar-refractivity contribution in [1.82, 2.24) is 14.7 Å². The summed E-state index contributed by atoms with van der Waals surface area (Å²) in [6.07, 6.45) is -2.94. The molecule has 0 radical (unpaired) electrons. The Hall–Kier alpha value is -2.91. The SMILES string of the molecule is O=C(c1cc2n(n1)[C@@H](C(F)(F)F)C[C@H](c1ccc3c(c1)OCO3)N2)N1CCCC1. The Kier molecular flexibility index (Phi) is 4.11. The van der Waals surface area contributed by atoms with E-state index >= 15 is 0 Å². The van der Waals surface area contributed by atoms with E-state index in [9.17, 15) is 18.0 Å². The van der Waals surface area contributed by atoms with Crippen LogP contribution in [0, 0.1) is 0 Å². The molecule has 1 aromatic heterocycles. The number of alkyl halides is 3. The summed E-state index contributed by atoms with van der Waals surface area (Å²) in [5.41, 5.74) is 0.693. The van der Waals surface area contributed by atoms with Gasteiger partial charge in [0, 0.05) is 25.6 Å². The molecule has 4 heterocycles. The van der Waals surface area contributed by atoms with Gasteiger partial charge in [-0.2, -0.15) is 18.3 Å². The number of halogens is 3. The van der Waals surface area contributed by atoms with Gasteiger partial charge in [0.2, 0.25) is 6.79 Å². The maximum Gasteiger partial charge on any atom is 0.410 e. The topological polar surface area (TPSA) is 68.6 Å². The van der Waals surface area contributed by atoms with Gasteiger partial charge in [-0.25, -0.2) is 4.68 Å². The lowest BCUT2D eigenvalue weighted by atomic mass is 9.96. The van der Waals surface area contributed by atoms with Gasteiger partial charge in [-0.15, -0.1) is 0 Å². The van der Waals surface area contributed by atoms with Crippen LogP contribution in [0.2, 0.25) is 0 Å². The standard InChI is InChI=1S/C19H19F3N4O3/c20-19(21,22)16-8-12(11-3-4-14-15(7-11)29-10-28-14)23-17-9-13(24-26(16)17)18(27)25-5-1-2-6-25/h3-4,7,9,12,16,23H,1-2,5-6,8,10H2/t12-,16-/m1/s1. The van der Waals surface area contributed by atoms with Crippen molar-refractivity contribution in [2.45, 2.75) is 37.5 Å². The van der Waals surface area contributed by atoms with Crippen LogP contribution in [-0.4, -0.2) is 46.6 Å². The second-order valence-corrected chi connectivity index (χ2v) is 7.46. The molecule has 7 nitrogen and oxygen atoms in total. The Morgan fingerprint density at radius 3 is 2.66 bits per heavy atom. The number of carbonyl (C=O) groups is 1. The number of ether oxygens (including phenoxy) is 2. The van der Waals surface area contributed by atoms with E-state index in [1.54, 1.807) is 23.1 Å². The molecule has 3 aliphatic heterocycles. The highest BCUT2D eigenvalue weighted by atomic mass is 19.4. The van der Waals surface area contributed by atoms with Crippen molar-refractivity contribution in [3.8, 4) is 11.5 Å². The molecular weight excluding hydrogens is 389 g/mol. The summed E-state index contributed by atoms with van der Waals surface area (Å²) in [6, 6.07) is 4.09. The van der Waals surface area contributed by atoms with Gasteiger partial charge in [-0.1, -0.05) is 6.07 Å². The Morgan fingerprint density at radius 2 is 1.90 bits per heavy atom. The number of hydrogen-bond acceptors (Lipinski definition) is 5. The third kappa shape index (κ3) is 3.16. The van der Waals surface area contributed by atoms with Crippen molar-refractivity contribution in [2.75, 3.05) is 25.2 Å². The first kappa shape index (κ1) is 18.1. The van der Waals surface area contributed by atoms with Crippen molar-refractivity contribution in [2.24, 2.45) is 0 Å². The summed E-state index contributed by atoms with van der Waals surface area (Å²) in [5.74, 6) is 0.938. The first-order valence-corrected chi connectivity index (χ1v) is 9.52. The lowest BCUT2D eigenvalue weighted by Crippen LogP contribution is -2.36. The molecule has 154 valence electrons. The maximum atomic E-state index is 13.8. The van der Waals surface area contributed by atoms with Gasteiger partial charge in [0.25, 0.3) is 5.91 Å². The summed E-state index contributed by atoms with van der Waals surface area (Å²) in [7, 11) is 0. The number of nitrogens with one attached hydrogen (secondary N) is 1. The van der Waals surface area contributed by atoms with Crippen molar-refractivity contribution >= 4 is 11.7 Å². The number of amides is 1. The van der Waals surface area contributed by atoms with Crippen LogP contribution in [0.15, 0.2) is 24.3 Å². The Labute approximate surface area is 164 Å². The smallest absolute Gasteiger partial charge is 0.410 e. The van der Waals surface area contributed by atoms with Crippen LogP contribution in [0.5, 0.6) is 11.5 Å². The second kappa shape index (κ2) is 6.57. The molecule has 1 aromatic carbocycles. The van der Waals surface area contributed by atoms with Crippen molar-refractivity contribution < 1.29 is 27.4 Å². The van der Waals surface area contributed by atoms with Crippen LogP contribution in [0.1, 0.15) is 47.4 Å². The molecule has 1 amide bonds. The summed E-state index contributed by atoms with van der Waals surface area (Å²) in [6.45, 7) is 1.31. The minimum atomic E-state index is -4.49. The number of fused-ring (bicyclic) bond motifs is 2. The molecule has 1 N–H and O–H groups in total. The lowest BCUT2D eigenvalue weighted by Gasteiger charge is -2.33. The third-order valence-electron chi connectivity index (χ3n) is 5.60. The maximum absolute atomic E-state index is 13.8. The Balaban J connectivity index is 1.48. The van der Waals surface area contributed by atoms with Gasteiger partial charge in [0.05, 0.1) is 6.04 Å². The molecule has 10 heteroatoms. The number of rotatable bonds is 2. The van der Waals surface area contributed by atoms with Crippen LogP contribution < -0.4 is 14.8 Å². The Bertz CT molecular complexity index is 953. The predicted molar refractivity (Wildman–Crippen MR) is 96.0 cm³/mol. The second-order valence-electron chi connectivity index (χ2n) is 7.46. The summed E-state index contributed by atoms with van der Waals surface area (Å²) < 4.78 is 52.9. The number of benzene rings is 1. The average molecular weight is 408 g/mol. The molecule has 1 fully saturated rings. The molecule has 0 bridgehead atoms. The fraction of sp³-hybridized carbons (Fsp3) is 0.474. The first-order chi connectivity index (χ1) is 13.9. The van der Waals surface area contributed by atoms with Gasteiger partial charge in [0.1, 0.15) is 5.82 Å². The van der Waals surface area contributed by atoms with Crippen molar-refractivity contribution in [1.29, 1.82) is 0 Å². The molecule has 0 aliphatic carbocycles. The summed E-state index contributed by atoms with van der Waals surface area (Å²) in [4.78, 5) is 14.2. The van der Waals surface area contributed by atoms with E-state index in [4.69, 9.17) is 9.47 Å². The molecule has 0 saturated carbocycles. The molecule has 1 saturated heterocycles. The monoisotopic (exact) mass is 408 g/mol. The van der Waals surface area contributed by atoms with E-state index in [-0.39, 0.29) is 30.6 Å². The van der Waals surface area contributed by atoms with Crippen molar-refractivity contribution in [3.05, 3.63) is 35.5 Å². The number of carbonyl (C=O) groups excluding carboxylic acids is 1. The number of hydrogen-bond donors (Lipinski definition) is 1. The highest BCUT2D eigenvalue weighted by Crippen LogP contribution is 2.45. The zero-order chi connectivity index (χ0) is 20.2. The lowest BCUT2D eigenvalue weighted by molar-refractivity contribution is -0.173. The number of aromatic nitrogens is 2. The largest absolute Gasteiger partial charge is 0.454 e. The Morgan fingerprint density at radius 1 is 1.14 bits per heavy atom. The van der Waals surface area contributed by atoms with E-state index < -0.39 is 18.3 Å². The predicted octanol–water partition coefficient (Wildman–Crippen LogP) is 3.51. The van der Waals surface area contributed by atoms with Gasteiger partial charge in [-0.3, -0.25) is 4.79 Å². The molecule has 2 aromatic rings. The molecule has 2 atom stereocenters. The quantitative estimate of drug-likeness (QED) is 0.824. The third-order valence-corrected chi connectivity index (χ3v) is 5.60. The van der Waals surface area contributed by atoms with Crippen LogP contribution in [0.4, 0.5) is 19.0 Å². The average Bonchev–Trinajstić information content (AvgIpc) is 3.45. The first-order valence-electron chi connectivity index (χ1n) is 9.52. The van der Waals surface area contributed by atoms with E-state index in [0.717, 1.165) is 17.5 Å². The fourth-order valence-corrected chi connectivity index (χ4v) is 4.11. The molecule has 0 unspecified atom stereocenters. The number of anilines is 1. The van der Waals surface area contributed by atoms with E-state index in [1.165, 1.54) is 6.07 Å². The molecule has 3 aliphatic rings. The fourth-order valence-electron chi connectivity index (χ4n) is 4.11. The molecule has 5 rings (SSSR count). The van der Waals surface area contributed by atoms with Crippen LogP contribution in [0.3, 0.4) is 0 Å². The van der Waals surface area contributed by atoms with E-state index in [2.05, 4.69) is 10.4 Å². The number of likely N-dealkylation sites (tertiary alicyclic amines) is 1. The zero-order valence-corrected chi connectivity index (χ0v) is 15.4. The summed E-state index contributed by atoms with van der Waals surface area (Å²) >= 11 is 0. The zero-order valence-electron chi connectivity index (χ0n) is 15.4. The van der Waals surface area contributed by atoms with Gasteiger partial charge < -0.3 is 19.7 Å². The highest BCUT2D eigenvalue weighted by molar-refractivity contribution is 5.93. The number of nitrogens with zero attached hydrogens (tertiary/aromatic N) is 3. The van der Waals surface area contributed by atoms with Crippen LogP contribution in [-0.2, 0) is 0 Å². The molecular formula is C19H19F3N4O3. The van der Waals surface area contributed by atoms with Crippen LogP contribution in [0.25, 0.3) is 0 Å². The minimum absolute atomic E-state index is 0.0370. The normalized spacial score (nSPS) is 23.1.